The number of rotatable bonds is 8. The molecule has 0 spiro atoms. The van der Waals surface area contributed by atoms with Crippen molar-refractivity contribution < 1.29 is 14.3 Å². The molecule has 0 radical (unpaired) electrons. The summed E-state index contributed by atoms with van der Waals surface area (Å²) >= 11 is 0. The summed E-state index contributed by atoms with van der Waals surface area (Å²) in [5, 5.41) is 9.01. The predicted octanol–water partition coefficient (Wildman–Crippen LogP) is 3.87. The molecule has 0 aromatic rings. The maximum absolute atomic E-state index is 11.7. The van der Waals surface area contributed by atoms with Gasteiger partial charge in [0.05, 0.1) is 0 Å². The Morgan fingerprint density at radius 1 is 1.00 bits per heavy atom. The van der Waals surface area contributed by atoms with Gasteiger partial charge in [-0.15, -0.1) is 0 Å². The molecule has 0 aromatic carbocycles. The van der Waals surface area contributed by atoms with Crippen molar-refractivity contribution in [3.63, 3.8) is 0 Å². The lowest BCUT2D eigenvalue weighted by atomic mass is 10.3. The molecule has 3 atom stereocenters. The van der Waals surface area contributed by atoms with Crippen molar-refractivity contribution in [1.29, 1.82) is 0 Å². The average Bonchev–Trinajstić information content (AvgIpc) is 2.41. The molecule has 0 aromatic heterocycles. The fraction of sp³-hybridized carbons (Fsp3) is 0.929. The molecule has 0 aliphatic rings. The van der Waals surface area contributed by atoms with Crippen LogP contribution in [-0.2, 0) is 9.22 Å². The van der Waals surface area contributed by atoms with Gasteiger partial charge in [-0.05, 0) is 16.6 Å². The highest BCUT2D eigenvalue weighted by Crippen LogP contribution is 2.47. The van der Waals surface area contributed by atoms with Crippen LogP contribution >= 0.6 is 0 Å². The summed E-state index contributed by atoms with van der Waals surface area (Å²) in [6.45, 7) is 12.6. The maximum atomic E-state index is 11.7. The summed E-state index contributed by atoms with van der Waals surface area (Å²) in [7, 11) is -2.20. The molecular weight excluding hydrogens is 244 g/mol. The van der Waals surface area contributed by atoms with Crippen LogP contribution in [0, 0.1) is 0 Å². The molecule has 1 N–H and O–H groups in total. The molecule has 3 nitrogen and oxygen atoms in total. The van der Waals surface area contributed by atoms with E-state index in [1.165, 1.54) is 0 Å². The fourth-order valence-electron chi connectivity index (χ4n) is 2.95. The van der Waals surface area contributed by atoms with Crippen molar-refractivity contribution in [2.24, 2.45) is 0 Å². The summed E-state index contributed by atoms with van der Waals surface area (Å²) in [6, 6.07) is 0. The number of carbonyl (C=O) groups excluding carboxylic acids is 1. The van der Waals surface area contributed by atoms with Gasteiger partial charge in [0.2, 0.25) is 0 Å². The quantitative estimate of drug-likeness (QED) is 0.683. The van der Waals surface area contributed by atoms with Gasteiger partial charge in [-0.1, -0.05) is 60.8 Å². The lowest BCUT2D eigenvalue weighted by Gasteiger charge is -2.44. The van der Waals surface area contributed by atoms with Gasteiger partial charge in [0.15, 0.2) is 0 Å². The van der Waals surface area contributed by atoms with Gasteiger partial charge < -0.3 is 9.53 Å². The lowest BCUT2D eigenvalue weighted by molar-refractivity contribution is -0.138. The van der Waals surface area contributed by atoms with Gasteiger partial charge in [-0.2, -0.15) is 0 Å². The molecule has 3 unspecified atom stereocenters. The molecule has 0 amide bonds. The summed E-state index contributed by atoms with van der Waals surface area (Å²) < 4.78 is 5.90. The predicted molar refractivity (Wildman–Crippen MR) is 78.1 cm³/mol. The van der Waals surface area contributed by atoms with Crippen LogP contribution in [0.1, 0.15) is 60.8 Å². The highest BCUT2D eigenvalue weighted by molar-refractivity contribution is 6.79. The Bertz CT molecular complexity index is 229. The zero-order valence-electron chi connectivity index (χ0n) is 12.8. The van der Waals surface area contributed by atoms with Crippen LogP contribution in [0.2, 0.25) is 16.6 Å². The second-order valence-corrected chi connectivity index (χ2v) is 10.3. The maximum Gasteiger partial charge on any atom is 0.318 e. The Hall–Kier alpha value is -0.353. The van der Waals surface area contributed by atoms with E-state index in [9.17, 15) is 4.79 Å². The topological polar surface area (TPSA) is 46.5 Å². The van der Waals surface area contributed by atoms with E-state index in [2.05, 4.69) is 41.5 Å². The number of carbonyl (C=O) groups is 1. The number of aliphatic hydroxyl groups is 1. The van der Waals surface area contributed by atoms with Crippen LogP contribution in [-0.4, -0.2) is 26.0 Å². The second-order valence-electron chi connectivity index (χ2n) is 5.41. The van der Waals surface area contributed by atoms with Crippen molar-refractivity contribution in [1.82, 2.24) is 0 Å². The van der Waals surface area contributed by atoms with E-state index < -0.39 is 20.9 Å². The molecule has 0 bridgehead atoms. The first kappa shape index (κ1) is 17.6. The second kappa shape index (κ2) is 7.95. The fourth-order valence-corrected chi connectivity index (χ4v) is 8.84. The van der Waals surface area contributed by atoms with Gasteiger partial charge >= 0.3 is 5.97 Å². The van der Waals surface area contributed by atoms with Crippen molar-refractivity contribution in [3.8, 4) is 0 Å². The van der Waals surface area contributed by atoms with Crippen LogP contribution in [0.3, 0.4) is 0 Å². The van der Waals surface area contributed by atoms with E-state index >= 15 is 0 Å². The van der Waals surface area contributed by atoms with Gasteiger partial charge in [0, 0.05) is 0 Å². The highest BCUT2D eigenvalue weighted by atomic mass is 28.4. The minimum absolute atomic E-state index is 0.429. The molecule has 0 rings (SSSR count). The van der Waals surface area contributed by atoms with Crippen LogP contribution < -0.4 is 0 Å². The zero-order valence-corrected chi connectivity index (χ0v) is 13.8. The highest BCUT2D eigenvalue weighted by Gasteiger charge is 2.51. The molecule has 0 saturated heterocycles. The number of hydrogen-bond donors (Lipinski definition) is 1. The van der Waals surface area contributed by atoms with Gasteiger partial charge in [-0.25, -0.2) is 0 Å². The standard InChI is InChI=1S/C14H30O3Si/c1-7-11(4)18(12(5)8-2,13(6)9-3)17-14(16)10-15/h11-13,15H,7-10H2,1-6H3. The average molecular weight is 274 g/mol. The molecule has 0 saturated carbocycles. The summed E-state index contributed by atoms with van der Waals surface area (Å²) in [5.74, 6) is -0.442. The molecular formula is C14H30O3Si. The van der Waals surface area contributed by atoms with E-state index in [0.29, 0.717) is 16.6 Å². The Kier molecular flexibility index (Phi) is 7.79. The largest absolute Gasteiger partial charge is 0.517 e. The third kappa shape index (κ3) is 3.57. The first-order valence-electron chi connectivity index (χ1n) is 7.23. The lowest BCUT2D eigenvalue weighted by Crippen LogP contribution is -2.51. The van der Waals surface area contributed by atoms with E-state index in [-0.39, 0.29) is 0 Å². The molecule has 18 heavy (non-hydrogen) atoms. The van der Waals surface area contributed by atoms with E-state index in [1.54, 1.807) is 0 Å². The van der Waals surface area contributed by atoms with Crippen molar-refractivity contribution in [3.05, 3.63) is 0 Å². The first-order valence-corrected chi connectivity index (χ1v) is 9.37. The summed E-state index contributed by atoms with van der Waals surface area (Å²) in [5.41, 5.74) is 1.29. The molecule has 0 aliphatic heterocycles. The number of aliphatic hydroxyl groups excluding tert-OH is 1. The minimum Gasteiger partial charge on any atom is -0.517 e. The van der Waals surface area contributed by atoms with Crippen molar-refractivity contribution >= 4 is 14.3 Å². The van der Waals surface area contributed by atoms with Crippen LogP contribution in [0.4, 0.5) is 0 Å². The minimum atomic E-state index is -2.20. The third-order valence-electron chi connectivity index (χ3n) is 4.57. The summed E-state index contributed by atoms with van der Waals surface area (Å²) in [4.78, 5) is 11.7. The molecule has 4 heteroatoms. The Morgan fingerprint density at radius 3 is 1.56 bits per heavy atom. The van der Waals surface area contributed by atoms with Gasteiger partial charge in [-0.3, -0.25) is 4.79 Å². The molecule has 0 fully saturated rings. The van der Waals surface area contributed by atoms with Crippen LogP contribution in [0.25, 0.3) is 0 Å². The Labute approximate surface area is 113 Å². The summed E-state index contributed by atoms with van der Waals surface area (Å²) in [6.07, 6.45) is 3.08. The SMILES string of the molecule is CCC(C)[Si](OC(=O)CO)(C(C)CC)C(C)CC. The smallest absolute Gasteiger partial charge is 0.318 e. The van der Waals surface area contributed by atoms with Crippen molar-refractivity contribution in [2.75, 3.05) is 6.61 Å². The van der Waals surface area contributed by atoms with E-state index in [4.69, 9.17) is 9.53 Å². The van der Waals surface area contributed by atoms with Gasteiger partial charge in [0.1, 0.15) is 6.61 Å². The normalized spacial score (nSPS) is 19.7. The molecule has 0 heterocycles. The Balaban J connectivity index is 5.46. The number of hydrogen-bond acceptors (Lipinski definition) is 3. The third-order valence-corrected chi connectivity index (χ3v) is 11.0. The van der Waals surface area contributed by atoms with E-state index in [0.717, 1.165) is 19.3 Å². The zero-order chi connectivity index (χ0) is 14.3. The monoisotopic (exact) mass is 274 g/mol. The van der Waals surface area contributed by atoms with Crippen LogP contribution in [0.5, 0.6) is 0 Å². The van der Waals surface area contributed by atoms with Gasteiger partial charge in [0.25, 0.3) is 8.32 Å². The van der Waals surface area contributed by atoms with E-state index in [1.807, 2.05) is 0 Å². The Morgan fingerprint density at radius 2 is 1.33 bits per heavy atom. The van der Waals surface area contributed by atoms with Crippen LogP contribution in [0.15, 0.2) is 0 Å². The molecule has 0 aliphatic carbocycles. The first-order chi connectivity index (χ1) is 8.40. The molecule has 108 valence electrons. The van der Waals surface area contributed by atoms with Crippen molar-refractivity contribution in [2.45, 2.75) is 77.4 Å².